The van der Waals surface area contributed by atoms with Gasteiger partial charge in [-0.05, 0) is 56.1 Å². The van der Waals surface area contributed by atoms with Crippen molar-refractivity contribution in [3.63, 3.8) is 0 Å². The summed E-state index contributed by atoms with van der Waals surface area (Å²) in [6.07, 6.45) is 4.96. The molecular formula is C18H24N4O2S. The normalized spacial score (nSPS) is 15.9. The largest absolute Gasteiger partial charge is 0.383 e. The van der Waals surface area contributed by atoms with Gasteiger partial charge in [-0.15, -0.1) is 0 Å². The van der Waals surface area contributed by atoms with Crippen molar-refractivity contribution in [2.24, 2.45) is 0 Å². The van der Waals surface area contributed by atoms with E-state index in [1.54, 1.807) is 13.0 Å². The van der Waals surface area contributed by atoms with Crippen LogP contribution in [0.3, 0.4) is 0 Å². The van der Waals surface area contributed by atoms with E-state index in [1.165, 1.54) is 31.5 Å². The molecule has 0 aliphatic carbocycles. The molecular weight excluding hydrogens is 336 g/mol. The predicted octanol–water partition coefficient (Wildman–Crippen LogP) is 2.76. The molecule has 134 valence electrons. The number of nitrogen functional groups attached to an aromatic ring is 1. The molecule has 7 heteroatoms. The van der Waals surface area contributed by atoms with Crippen LogP contribution in [0, 0.1) is 6.92 Å². The lowest BCUT2D eigenvalue weighted by Gasteiger charge is -2.27. The number of hydrogen-bond acceptors (Lipinski definition) is 5. The Kier molecular flexibility index (Phi) is 5.24. The monoisotopic (exact) mass is 360 g/mol. The third kappa shape index (κ3) is 4.29. The lowest BCUT2D eigenvalue weighted by Crippen LogP contribution is -2.29. The Hall–Kier alpha value is -2.12. The molecule has 0 bridgehead atoms. The minimum absolute atomic E-state index is 0.118. The highest BCUT2D eigenvalue weighted by molar-refractivity contribution is 7.92. The summed E-state index contributed by atoms with van der Waals surface area (Å²) in [5, 5.41) is 0. The van der Waals surface area contributed by atoms with Gasteiger partial charge >= 0.3 is 0 Å². The fourth-order valence-corrected chi connectivity index (χ4v) is 4.16. The molecule has 1 aliphatic rings. The maximum atomic E-state index is 12.7. The van der Waals surface area contributed by atoms with E-state index >= 15 is 0 Å². The van der Waals surface area contributed by atoms with Gasteiger partial charge in [0.15, 0.2) is 0 Å². The topological polar surface area (TPSA) is 88.3 Å². The standard InChI is InChI=1S/C18H24N4O2S/c1-14-11-16(12-20-18(14)19)25(23,24)21-17-8-4-3-7-15(17)13-22-9-5-2-6-10-22/h3-4,7-8,11-12,21H,2,5-6,9-10,13H2,1H3,(H2,19,20). The van der Waals surface area contributed by atoms with Crippen molar-refractivity contribution in [2.75, 3.05) is 23.5 Å². The predicted molar refractivity (Wildman–Crippen MR) is 99.8 cm³/mol. The van der Waals surface area contributed by atoms with Crippen LogP contribution in [0.2, 0.25) is 0 Å². The Balaban J connectivity index is 1.83. The van der Waals surface area contributed by atoms with Gasteiger partial charge in [-0.2, -0.15) is 0 Å². The van der Waals surface area contributed by atoms with Crippen LogP contribution in [0.25, 0.3) is 0 Å². The molecule has 1 fully saturated rings. The first-order valence-corrected chi connectivity index (χ1v) is 9.99. The Bertz CT molecular complexity index is 846. The molecule has 0 radical (unpaired) electrons. The van der Waals surface area contributed by atoms with Crippen LogP contribution in [-0.2, 0) is 16.6 Å². The number of nitrogens with two attached hydrogens (primary N) is 1. The van der Waals surface area contributed by atoms with E-state index in [-0.39, 0.29) is 4.90 Å². The van der Waals surface area contributed by atoms with Crippen LogP contribution in [0.1, 0.15) is 30.4 Å². The molecule has 1 aliphatic heterocycles. The van der Waals surface area contributed by atoms with Crippen LogP contribution >= 0.6 is 0 Å². The van der Waals surface area contributed by atoms with Gasteiger partial charge in [-0.3, -0.25) is 9.62 Å². The summed E-state index contributed by atoms with van der Waals surface area (Å²) in [7, 11) is -3.70. The lowest BCUT2D eigenvalue weighted by atomic mass is 10.1. The van der Waals surface area contributed by atoms with E-state index in [0.717, 1.165) is 25.2 Å². The lowest BCUT2D eigenvalue weighted by molar-refractivity contribution is 0.221. The van der Waals surface area contributed by atoms with E-state index in [2.05, 4.69) is 14.6 Å². The molecule has 25 heavy (non-hydrogen) atoms. The van der Waals surface area contributed by atoms with E-state index in [4.69, 9.17) is 5.73 Å². The number of rotatable bonds is 5. The first-order valence-electron chi connectivity index (χ1n) is 8.51. The molecule has 6 nitrogen and oxygen atoms in total. The average molecular weight is 360 g/mol. The van der Waals surface area contributed by atoms with Crippen molar-refractivity contribution < 1.29 is 8.42 Å². The Morgan fingerprint density at radius 3 is 2.64 bits per heavy atom. The summed E-state index contributed by atoms with van der Waals surface area (Å²) in [6.45, 7) is 4.60. The van der Waals surface area contributed by atoms with Gasteiger partial charge in [0.2, 0.25) is 0 Å². The SMILES string of the molecule is Cc1cc(S(=O)(=O)Nc2ccccc2CN2CCCCC2)cnc1N. The molecule has 2 heterocycles. The highest BCUT2D eigenvalue weighted by Crippen LogP contribution is 2.23. The molecule has 0 amide bonds. The molecule has 0 atom stereocenters. The Morgan fingerprint density at radius 1 is 1.20 bits per heavy atom. The van der Waals surface area contributed by atoms with Crippen molar-refractivity contribution >= 4 is 21.5 Å². The molecule has 2 aromatic rings. The van der Waals surface area contributed by atoms with Crippen molar-refractivity contribution in [1.82, 2.24) is 9.88 Å². The number of piperidine rings is 1. The van der Waals surface area contributed by atoms with Gasteiger partial charge in [0.05, 0.1) is 5.69 Å². The van der Waals surface area contributed by atoms with Crippen LogP contribution in [-0.4, -0.2) is 31.4 Å². The summed E-state index contributed by atoms with van der Waals surface area (Å²) >= 11 is 0. The van der Waals surface area contributed by atoms with E-state index < -0.39 is 10.0 Å². The maximum absolute atomic E-state index is 12.7. The second kappa shape index (κ2) is 7.41. The van der Waals surface area contributed by atoms with Crippen molar-refractivity contribution in [3.05, 3.63) is 47.7 Å². The summed E-state index contributed by atoms with van der Waals surface area (Å²) in [5.41, 5.74) is 7.92. The van der Waals surface area contributed by atoms with Crippen molar-refractivity contribution in [3.8, 4) is 0 Å². The van der Waals surface area contributed by atoms with Gasteiger partial charge < -0.3 is 5.73 Å². The van der Waals surface area contributed by atoms with Gasteiger partial charge in [-0.25, -0.2) is 13.4 Å². The number of nitrogens with zero attached hydrogens (tertiary/aromatic N) is 2. The number of anilines is 2. The fourth-order valence-electron chi connectivity index (χ4n) is 3.03. The number of aryl methyl sites for hydroxylation is 1. The highest BCUT2D eigenvalue weighted by Gasteiger charge is 2.19. The average Bonchev–Trinajstić information content (AvgIpc) is 2.60. The highest BCUT2D eigenvalue weighted by atomic mass is 32.2. The van der Waals surface area contributed by atoms with Gasteiger partial charge in [0, 0.05) is 12.7 Å². The Labute approximate surface area is 149 Å². The maximum Gasteiger partial charge on any atom is 0.263 e. The van der Waals surface area contributed by atoms with Gasteiger partial charge in [0.1, 0.15) is 10.7 Å². The number of hydrogen-bond donors (Lipinski definition) is 2. The molecule has 1 aromatic heterocycles. The quantitative estimate of drug-likeness (QED) is 0.856. The summed E-state index contributed by atoms with van der Waals surface area (Å²) in [4.78, 5) is 6.44. The van der Waals surface area contributed by atoms with Crippen molar-refractivity contribution in [2.45, 2.75) is 37.6 Å². The summed E-state index contributed by atoms with van der Waals surface area (Å²) < 4.78 is 28.1. The Morgan fingerprint density at radius 2 is 1.92 bits per heavy atom. The molecule has 3 rings (SSSR count). The minimum Gasteiger partial charge on any atom is -0.383 e. The number of nitrogens with one attached hydrogen (secondary N) is 1. The number of aromatic nitrogens is 1. The zero-order valence-electron chi connectivity index (χ0n) is 14.4. The number of benzene rings is 1. The molecule has 0 saturated carbocycles. The molecule has 0 spiro atoms. The van der Waals surface area contributed by atoms with Gasteiger partial charge in [-0.1, -0.05) is 24.6 Å². The molecule has 1 aromatic carbocycles. The first-order chi connectivity index (χ1) is 12.0. The summed E-state index contributed by atoms with van der Waals surface area (Å²) in [5.74, 6) is 0.337. The third-order valence-electron chi connectivity index (χ3n) is 4.51. The fraction of sp³-hybridized carbons (Fsp3) is 0.389. The van der Waals surface area contributed by atoms with E-state index in [1.807, 2.05) is 18.2 Å². The second-order valence-electron chi connectivity index (χ2n) is 6.47. The molecule has 1 saturated heterocycles. The zero-order chi connectivity index (χ0) is 17.9. The molecule has 0 unspecified atom stereocenters. The van der Waals surface area contributed by atoms with Crippen LogP contribution in [0.4, 0.5) is 11.5 Å². The van der Waals surface area contributed by atoms with E-state index in [9.17, 15) is 8.42 Å². The second-order valence-corrected chi connectivity index (χ2v) is 8.16. The zero-order valence-corrected chi connectivity index (χ0v) is 15.2. The van der Waals surface area contributed by atoms with Crippen LogP contribution in [0.15, 0.2) is 41.4 Å². The third-order valence-corrected chi connectivity index (χ3v) is 5.84. The van der Waals surface area contributed by atoms with Gasteiger partial charge in [0.25, 0.3) is 10.0 Å². The number of likely N-dealkylation sites (tertiary alicyclic amines) is 1. The summed E-state index contributed by atoms with van der Waals surface area (Å²) in [6, 6.07) is 9.08. The first kappa shape index (κ1) is 17.7. The number of sulfonamides is 1. The smallest absolute Gasteiger partial charge is 0.263 e. The molecule has 3 N–H and O–H groups in total. The number of para-hydroxylation sites is 1. The van der Waals surface area contributed by atoms with Crippen LogP contribution < -0.4 is 10.5 Å². The van der Waals surface area contributed by atoms with Crippen molar-refractivity contribution in [1.29, 1.82) is 0 Å². The number of pyridine rings is 1. The minimum atomic E-state index is -3.70. The van der Waals surface area contributed by atoms with E-state index in [0.29, 0.717) is 17.1 Å². The van der Waals surface area contributed by atoms with Crippen LogP contribution in [0.5, 0.6) is 0 Å².